The van der Waals surface area contributed by atoms with Crippen LogP contribution >= 0.6 is 0 Å². The van der Waals surface area contributed by atoms with Gasteiger partial charge < -0.3 is 25.2 Å². The Bertz CT molecular complexity index is 642. The SMILES string of the molecule is O=C(O)CCCC=CC[C@@H]1[C@@H](C=C[C@@H](O)COc2ccccc2)[C@H](O)C[C@@H]1O. The minimum atomic E-state index is -0.808. The molecule has 5 atom stereocenters. The number of hydrogen-bond acceptors (Lipinski definition) is 5. The lowest BCUT2D eigenvalue weighted by Gasteiger charge is -2.19. The van der Waals surface area contributed by atoms with E-state index in [9.17, 15) is 20.1 Å². The lowest BCUT2D eigenvalue weighted by atomic mass is 9.89. The molecule has 2 rings (SSSR count). The molecule has 0 unspecified atom stereocenters. The van der Waals surface area contributed by atoms with Crippen LogP contribution in [0.1, 0.15) is 32.1 Å². The van der Waals surface area contributed by atoms with Gasteiger partial charge in [0, 0.05) is 18.8 Å². The minimum absolute atomic E-state index is 0.111. The van der Waals surface area contributed by atoms with Gasteiger partial charge in [0.2, 0.25) is 0 Å². The summed E-state index contributed by atoms with van der Waals surface area (Å²) in [7, 11) is 0. The van der Waals surface area contributed by atoms with Crippen LogP contribution in [0.25, 0.3) is 0 Å². The second-order valence-corrected chi connectivity index (χ2v) is 7.18. The number of carbonyl (C=O) groups is 1. The number of benzene rings is 1. The number of aliphatic carboxylic acids is 1. The smallest absolute Gasteiger partial charge is 0.303 e. The van der Waals surface area contributed by atoms with Crippen molar-refractivity contribution in [2.24, 2.45) is 11.8 Å². The maximum atomic E-state index is 10.5. The number of unbranched alkanes of at least 4 members (excludes halogenated alkanes) is 1. The summed E-state index contributed by atoms with van der Waals surface area (Å²) in [6.07, 6.45) is 7.46. The summed E-state index contributed by atoms with van der Waals surface area (Å²) < 4.78 is 5.51. The monoisotopic (exact) mass is 390 g/mol. The van der Waals surface area contributed by atoms with Crippen LogP contribution in [0, 0.1) is 11.8 Å². The molecule has 6 heteroatoms. The summed E-state index contributed by atoms with van der Waals surface area (Å²) in [6, 6.07) is 9.22. The molecule has 0 heterocycles. The number of para-hydroxylation sites is 1. The van der Waals surface area contributed by atoms with Crippen molar-refractivity contribution < 1.29 is 30.0 Å². The summed E-state index contributed by atoms with van der Waals surface area (Å²) in [5.41, 5.74) is 0. The maximum absolute atomic E-state index is 10.5. The van der Waals surface area contributed by atoms with Crippen molar-refractivity contribution in [1.29, 1.82) is 0 Å². The van der Waals surface area contributed by atoms with Crippen molar-refractivity contribution in [2.75, 3.05) is 6.61 Å². The van der Waals surface area contributed by atoms with E-state index in [-0.39, 0.29) is 24.9 Å². The Morgan fingerprint density at radius 3 is 2.64 bits per heavy atom. The van der Waals surface area contributed by atoms with Gasteiger partial charge in [0.25, 0.3) is 0 Å². The van der Waals surface area contributed by atoms with E-state index in [0.717, 1.165) is 0 Å². The van der Waals surface area contributed by atoms with Crippen LogP contribution in [-0.2, 0) is 4.79 Å². The Kier molecular flexibility index (Phi) is 9.20. The fourth-order valence-corrected chi connectivity index (χ4v) is 3.46. The van der Waals surface area contributed by atoms with E-state index < -0.39 is 24.3 Å². The van der Waals surface area contributed by atoms with Crippen molar-refractivity contribution in [3.8, 4) is 5.75 Å². The molecule has 1 aromatic rings. The average Bonchev–Trinajstić information content (AvgIpc) is 2.94. The number of aliphatic hydroxyl groups is 3. The number of aliphatic hydroxyl groups excluding tert-OH is 3. The number of allylic oxidation sites excluding steroid dienone is 2. The molecule has 0 spiro atoms. The number of carboxylic acid groups (broad SMARTS) is 1. The van der Waals surface area contributed by atoms with E-state index in [2.05, 4.69) is 0 Å². The molecular formula is C22H30O6. The molecule has 0 amide bonds. The normalized spacial score (nSPS) is 26.1. The molecular weight excluding hydrogens is 360 g/mol. The third-order valence-electron chi connectivity index (χ3n) is 4.97. The lowest BCUT2D eigenvalue weighted by molar-refractivity contribution is -0.137. The molecule has 28 heavy (non-hydrogen) atoms. The van der Waals surface area contributed by atoms with Crippen LogP contribution in [-0.4, -0.2) is 51.3 Å². The highest BCUT2D eigenvalue weighted by Crippen LogP contribution is 2.36. The largest absolute Gasteiger partial charge is 0.491 e. The van der Waals surface area contributed by atoms with E-state index in [1.807, 2.05) is 42.5 Å². The molecule has 0 aliphatic heterocycles. The molecule has 0 aromatic heterocycles. The van der Waals surface area contributed by atoms with Crippen LogP contribution < -0.4 is 4.74 Å². The van der Waals surface area contributed by atoms with Gasteiger partial charge in [-0.15, -0.1) is 0 Å². The Morgan fingerprint density at radius 2 is 1.93 bits per heavy atom. The fourth-order valence-electron chi connectivity index (χ4n) is 3.46. The molecule has 1 aliphatic carbocycles. The van der Waals surface area contributed by atoms with E-state index in [1.165, 1.54) is 0 Å². The Balaban J connectivity index is 1.82. The average molecular weight is 390 g/mol. The molecule has 6 nitrogen and oxygen atoms in total. The van der Waals surface area contributed by atoms with Gasteiger partial charge in [0.05, 0.1) is 12.2 Å². The topological polar surface area (TPSA) is 107 Å². The van der Waals surface area contributed by atoms with Crippen molar-refractivity contribution in [1.82, 2.24) is 0 Å². The van der Waals surface area contributed by atoms with Crippen LogP contribution in [0.5, 0.6) is 5.75 Å². The van der Waals surface area contributed by atoms with Crippen LogP contribution in [0.3, 0.4) is 0 Å². The highest BCUT2D eigenvalue weighted by Gasteiger charge is 2.39. The second kappa shape index (κ2) is 11.6. The van der Waals surface area contributed by atoms with Gasteiger partial charge in [-0.25, -0.2) is 0 Å². The Labute approximate surface area is 165 Å². The first-order valence-electron chi connectivity index (χ1n) is 9.74. The van der Waals surface area contributed by atoms with Crippen molar-refractivity contribution >= 4 is 5.97 Å². The summed E-state index contributed by atoms with van der Waals surface area (Å²) in [5.74, 6) is -0.505. The molecule has 1 aromatic carbocycles. The number of ether oxygens (including phenoxy) is 1. The van der Waals surface area contributed by atoms with Crippen LogP contribution in [0.4, 0.5) is 0 Å². The molecule has 0 saturated heterocycles. The van der Waals surface area contributed by atoms with Crippen molar-refractivity contribution in [3.63, 3.8) is 0 Å². The molecule has 1 aliphatic rings. The van der Waals surface area contributed by atoms with Crippen molar-refractivity contribution in [2.45, 2.75) is 50.4 Å². The van der Waals surface area contributed by atoms with E-state index in [4.69, 9.17) is 9.84 Å². The number of hydrogen-bond donors (Lipinski definition) is 4. The first kappa shape index (κ1) is 22.1. The molecule has 1 fully saturated rings. The van der Waals surface area contributed by atoms with Gasteiger partial charge >= 0.3 is 5.97 Å². The van der Waals surface area contributed by atoms with Gasteiger partial charge in [-0.3, -0.25) is 4.79 Å². The second-order valence-electron chi connectivity index (χ2n) is 7.18. The van der Waals surface area contributed by atoms with Gasteiger partial charge in [0.1, 0.15) is 18.5 Å². The van der Waals surface area contributed by atoms with Crippen LogP contribution in [0.15, 0.2) is 54.6 Å². The number of carboxylic acids is 1. The van der Waals surface area contributed by atoms with E-state index in [1.54, 1.807) is 12.2 Å². The molecule has 0 bridgehead atoms. The maximum Gasteiger partial charge on any atom is 0.303 e. The Hall–Kier alpha value is -2.15. The standard InChI is InChI=1S/C22H30O6/c23-16(15-28-17-8-4-3-5-9-17)12-13-19-18(20(24)14-21(19)25)10-6-1-2-7-11-22(26)27/h1,3-6,8-9,12-13,16,18-21,23-25H,2,7,10-11,14-15H2,(H,26,27)/t16-,18-,19-,20+,21-/m1/s1. The third-order valence-corrected chi connectivity index (χ3v) is 4.97. The third kappa shape index (κ3) is 7.46. The first-order valence-corrected chi connectivity index (χ1v) is 9.74. The molecule has 154 valence electrons. The summed E-state index contributed by atoms with van der Waals surface area (Å²) in [6.45, 7) is 0.111. The van der Waals surface area contributed by atoms with Crippen LogP contribution in [0.2, 0.25) is 0 Å². The molecule has 4 N–H and O–H groups in total. The predicted molar refractivity (Wildman–Crippen MR) is 106 cm³/mol. The van der Waals surface area contributed by atoms with Crippen molar-refractivity contribution in [3.05, 3.63) is 54.6 Å². The highest BCUT2D eigenvalue weighted by molar-refractivity contribution is 5.66. The number of rotatable bonds is 11. The van der Waals surface area contributed by atoms with Gasteiger partial charge in [0.15, 0.2) is 0 Å². The molecule has 0 radical (unpaired) electrons. The quantitative estimate of drug-likeness (QED) is 0.342. The highest BCUT2D eigenvalue weighted by atomic mass is 16.5. The lowest BCUT2D eigenvalue weighted by Crippen LogP contribution is -2.21. The van der Waals surface area contributed by atoms with Gasteiger partial charge in [-0.1, -0.05) is 42.5 Å². The van der Waals surface area contributed by atoms with Gasteiger partial charge in [-0.05, 0) is 37.3 Å². The molecule has 1 saturated carbocycles. The van der Waals surface area contributed by atoms with E-state index in [0.29, 0.717) is 31.4 Å². The zero-order valence-electron chi connectivity index (χ0n) is 15.9. The summed E-state index contributed by atoms with van der Waals surface area (Å²) in [5, 5.41) is 39.2. The first-order chi connectivity index (χ1) is 13.5. The summed E-state index contributed by atoms with van der Waals surface area (Å²) >= 11 is 0. The predicted octanol–water partition coefficient (Wildman–Crippen LogP) is 2.54. The minimum Gasteiger partial charge on any atom is -0.491 e. The fraction of sp³-hybridized carbons (Fsp3) is 0.500. The zero-order valence-corrected chi connectivity index (χ0v) is 15.9. The van der Waals surface area contributed by atoms with Gasteiger partial charge in [-0.2, -0.15) is 0 Å². The summed E-state index contributed by atoms with van der Waals surface area (Å²) in [4.78, 5) is 10.5. The Morgan fingerprint density at radius 1 is 1.18 bits per heavy atom. The van der Waals surface area contributed by atoms with E-state index >= 15 is 0 Å². The zero-order chi connectivity index (χ0) is 20.4.